The van der Waals surface area contributed by atoms with Crippen molar-refractivity contribution in [1.29, 1.82) is 0 Å². The van der Waals surface area contributed by atoms with Gasteiger partial charge in [-0.3, -0.25) is 9.59 Å². The molecule has 7 nitrogen and oxygen atoms in total. The molecule has 3 rings (SSSR count). The van der Waals surface area contributed by atoms with E-state index in [1.807, 2.05) is 48.5 Å². The zero-order chi connectivity index (χ0) is 24.5. The third-order valence-electron chi connectivity index (χ3n) is 4.95. The third kappa shape index (κ3) is 6.69. The number of carbonyl (C=O) groups excluding carboxylic acids is 2. The summed E-state index contributed by atoms with van der Waals surface area (Å²) in [5.74, 6) is 0.840. The van der Waals surface area contributed by atoms with Crippen molar-refractivity contribution in [3.05, 3.63) is 88.3 Å². The standard InChI is InChI=1S/C25H26N4O3S2/c1-17(29(16-31)15-19-14-27-18(2)28-24(19)26)22(12-13-30)34-25(32)21-10-6-7-11-23(21)33-20-8-4-3-5-9-20/h3-11,14,16,30H,12-13,15H2,1-2H3,(H2,26,27,28). The summed E-state index contributed by atoms with van der Waals surface area (Å²) >= 11 is 2.53. The molecule has 0 bridgehead atoms. The van der Waals surface area contributed by atoms with Crippen LogP contribution in [0.1, 0.15) is 35.1 Å². The number of aliphatic hydroxyl groups is 1. The first-order valence-corrected chi connectivity index (χ1v) is 12.2. The highest BCUT2D eigenvalue weighted by atomic mass is 32.2. The highest BCUT2D eigenvalue weighted by Crippen LogP contribution is 2.35. The molecule has 176 valence electrons. The Kier molecular flexibility index (Phi) is 9.26. The van der Waals surface area contributed by atoms with Gasteiger partial charge >= 0.3 is 0 Å². The van der Waals surface area contributed by atoms with Crippen LogP contribution in [0, 0.1) is 6.92 Å². The van der Waals surface area contributed by atoms with E-state index in [1.165, 1.54) is 16.7 Å². The van der Waals surface area contributed by atoms with Crippen LogP contribution in [0.25, 0.3) is 0 Å². The third-order valence-corrected chi connectivity index (χ3v) is 7.19. The monoisotopic (exact) mass is 494 g/mol. The van der Waals surface area contributed by atoms with E-state index in [-0.39, 0.29) is 24.7 Å². The van der Waals surface area contributed by atoms with E-state index in [2.05, 4.69) is 9.97 Å². The maximum Gasteiger partial charge on any atom is 0.224 e. The Morgan fingerprint density at radius 3 is 2.53 bits per heavy atom. The van der Waals surface area contributed by atoms with Gasteiger partial charge in [0.1, 0.15) is 11.6 Å². The van der Waals surface area contributed by atoms with Crippen LogP contribution in [0.3, 0.4) is 0 Å². The Labute approximate surface area is 207 Å². The molecule has 0 aliphatic rings. The summed E-state index contributed by atoms with van der Waals surface area (Å²) in [6.07, 6.45) is 2.50. The lowest BCUT2D eigenvalue weighted by Gasteiger charge is -2.22. The summed E-state index contributed by atoms with van der Waals surface area (Å²) in [5.41, 5.74) is 7.72. The van der Waals surface area contributed by atoms with Crippen molar-refractivity contribution in [3.63, 3.8) is 0 Å². The molecule has 0 saturated heterocycles. The van der Waals surface area contributed by atoms with Crippen LogP contribution in [0.2, 0.25) is 0 Å². The van der Waals surface area contributed by atoms with E-state index >= 15 is 0 Å². The van der Waals surface area contributed by atoms with Crippen molar-refractivity contribution in [2.24, 2.45) is 0 Å². The van der Waals surface area contributed by atoms with Crippen molar-refractivity contribution in [1.82, 2.24) is 14.9 Å². The van der Waals surface area contributed by atoms with Gasteiger partial charge in [-0.2, -0.15) is 0 Å². The van der Waals surface area contributed by atoms with Crippen LogP contribution in [-0.2, 0) is 11.3 Å². The number of nitrogens with two attached hydrogens (primary N) is 1. The molecule has 0 fully saturated rings. The van der Waals surface area contributed by atoms with Gasteiger partial charge in [-0.1, -0.05) is 42.1 Å². The first-order chi connectivity index (χ1) is 16.4. The van der Waals surface area contributed by atoms with Crippen molar-refractivity contribution in [2.45, 2.75) is 36.6 Å². The van der Waals surface area contributed by atoms with E-state index in [0.29, 0.717) is 39.8 Å². The van der Waals surface area contributed by atoms with Gasteiger partial charge in [0.25, 0.3) is 0 Å². The second kappa shape index (κ2) is 12.4. The Balaban J connectivity index is 1.85. The Morgan fingerprint density at radius 2 is 1.85 bits per heavy atom. The van der Waals surface area contributed by atoms with Gasteiger partial charge in [0.15, 0.2) is 0 Å². The molecule has 3 aromatic rings. The number of amides is 1. The summed E-state index contributed by atoms with van der Waals surface area (Å²) in [5, 5.41) is 9.47. The van der Waals surface area contributed by atoms with Crippen LogP contribution in [0.5, 0.6) is 0 Å². The van der Waals surface area contributed by atoms with Gasteiger partial charge in [0.2, 0.25) is 11.5 Å². The molecule has 1 amide bonds. The molecule has 9 heteroatoms. The van der Waals surface area contributed by atoms with Crippen LogP contribution >= 0.6 is 23.5 Å². The molecule has 0 spiro atoms. The number of carbonyl (C=O) groups is 2. The zero-order valence-corrected chi connectivity index (χ0v) is 20.6. The van der Waals surface area contributed by atoms with Gasteiger partial charge in [0.05, 0.1) is 6.54 Å². The van der Waals surface area contributed by atoms with Gasteiger partial charge in [-0.05, 0) is 49.9 Å². The molecule has 0 atom stereocenters. The lowest BCUT2D eigenvalue weighted by Crippen LogP contribution is -2.22. The number of allylic oxidation sites excluding steroid dienone is 1. The molecule has 3 N–H and O–H groups in total. The Bertz CT molecular complexity index is 1190. The van der Waals surface area contributed by atoms with E-state index in [0.717, 1.165) is 21.6 Å². The molecular weight excluding hydrogens is 468 g/mol. The van der Waals surface area contributed by atoms with Gasteiger partial charge in [-0.15, -0.1) is 0 Å². The minimum Gasteiger partial charge on any atom is -0.396 e. The van der Waals surface area contributed by atoms with E-state index < -0.39 is 0 Å². The first kappa shape index (κ1) is 25.5. The first-order valence-electron chi connectivity index (χ1n) is 10.6. The molecule has 0 radical (unpaired) electrons. The van der Waals surface area contributed by atoms with Gasteiger partial charge in [0, 0.05) is 50.7 Å². The maximum absolute atomic E-state index is 13.3. The Hall–Kier alpha value is -3.14. The molecular formula is C25H26N4O3S2. The number of anilines is 1. The topological polar surface area (TPSA) is 109 Å². The smallest absolute Gasteiger partial charge is 0.224 e. The van der Waals surface area contributed by atoms with Gasteiger partial charge in [-0.25, -0.2) is 9.97 Å². The lowest BCUT2D eigenvalue weighted by molar-refractivity contribution is -0.116. The van der Waals surface area contributed by atoms with Gasteiger partial charge < -0.3 is 15.7 Å². The van der Waals surface area contributed by atoms with Crippen LogP contribution < -0.4 is 5.73 Å². The second-order valence-electron chi connectivity index (χ2n) is 7.34. The molecule has 34 heavy (non-hydrogen) atoms. The molecule has 0 aliphatic carbocycles. The number of nitrogen functional groups attached to an aromatic ring is 1. The SMILES string of the molecule is CC(=C(CCO)SC(=O)c1ccccc1Sc1ccccc1)N(C=O)Cc1cnc(C)nc1N. The summed E-state index contributed by atoms with van der Waals surface area (Å²) in [6.45, 7) is 3.48. The Morgan fingerprint density at radius 1 is 1.15 bits per heavy atom. The molecule has 0 saturated carbocycles. The molecule has 0 unspecified atom stereocenters. The van der Waals surface area contributed by atoms with Crippen molar-refractivity contribution < 1.29 is 14.7 Å². The lowest BCUT2D eigenvalue weighted by atomic mass is 10.2. The predicted octanol–water partition coefficient (Wildman–Crippen LogP) is 4.66. The largest absolute Gasteiger partial charge is 0.396 e. The van der Waals surface area contributed by atoms with E-state index in [9.17, 15) is 14.7 Å². The highest BCUT2D eigenvalue weighted by molar-refractivity contribution is 8.17. The summed E-state index contributed by atoms with van der Waals surface area (Å²) in [7, 11) is 0. The quantitative estimate of drug-likeness (QED) is 0.392. The fourth-order valence-electron chi connectivity index (χ4n) is 3.13. The number of aryl methyl sites for hydroxylation is 1. The summed E-state index contributed by atoms with van der Waals surface area (Å²) < 4.78 is 0. The fourth-order valence-corrected chi connectivity index (χ4v) is 5.13. The van der Waals surface area contributed by atoms with Crippen molar-refractivity contribution in [2.75, 3.05) is 12.3 Å². The summed E-state index contributed by atoms with van der Waals surface area (Å²) in [6, 6.07) is 17.2. The molecule has 1 heterocycles. The van der Waals surface area contributed by atoms with Crippen LogP contribution in [0.4, 0.5) is 5.82 Å². The van der Waals surface area contributed by atoms with E-state index in [4.69, 9.17) is 5.73 Å². The van der Waals surface area contributed by atoms with E-state index in [1.54, 1.807) is 26.1 Å². The zero-order valence-electron chi connectivity index (χ0n) is 19.0. The maximum atomic E-state index is 13.3. The normalized spacial score (nSPS) is 11.6. The predicted molar refractivity (Wildman–Crippen MR) is 136 cm³/mol. The average molecular weight is 495 g/mol. The molecule has 0 aliphatic heterocycles. The van der Waals surface area contributed by atoms with Crippen molar-refractivity contribution >= 4 is 40.9 Å². The number of aromatic nitrogens is 2. The molecule has 2 aromatic carbocycles. The molecule has 1 aromatic heterocycles. The minimum absolute atomic E-state index is 0.157. The van der Waals surface area contributed by atoms with Crippen LogP contribution in [0.15, 0.2) is 81.2 Å². The number of thioether (sulfide) groups is 1. The number of rotatable bonds is 10. The number of nitrogens with zero attached hydrogens (tertiary/aromatic N) is 3. The average Bonchev–Trinajstić information content (AvgIpc) is 2.84. The highest BCUT2D eigenvalue weighted by Gasteiger charge is 2.19. The number of benzene rings is 2. The number of hydrogen-bond acceptors (Lipinski definition) is 8. The second-order valence-corrected chi connectivity index (χ2v) is 9.53. The number of aliphatic hydroxyl groups excluding tert-OH is 1. The summed E-state index contributed by atoms with van der Waals surface area (Å²) in [4.78, 5) is 37.4. The number of hydrogen-bond donors (Lipinski definition) is 2. The minimum atomic E-state index is -0.161. The van der Waals surface area contributed by atoms with Crippen LogP contribution in [-0.4, -0.2) is 38.1 Å². The fraction of sp³-hybridized carbons (Fsp3) is 0.200. The van der Waals surface area contributed by atoms with Crippen molar-refractivity contribution in [3.8, 4) is 0 Å².